The van der Waals surface area contributed by atoms with E-state index in [1.165, 1.54) is 12.1 Å². The number of carbonyl (C=O) groups excluding carboxylic acids is 3. The van der Waals surface area contributed by atoms with Crippen molar-refractivity contribution in [2.75, 3.05) is 6.54 Å². The van der Waals surface area contributed by atoms with Crippen molar-refractivity contribution >= 4 is 17.7 Å². The summed E-state index contributed by atoms with van der Waals surface area (Å²) in [5.41, 5.74) is 6.91. The third kappa shape index (κ3) is 6.27. The molecule has 0 bridgehead atoms. The van der Waals surface area contributed by atoms with Gasteiger partial charge in [-0.15, -0.1) is 0 Å². The Labute approximate surface area is 151 Å². The Morgan fingerprint density at radius 3 is 2.19 bits per heavy atom. The quantitative estimate of drug-likeness (QED) is 0.543. The highest BCUT2D eigenvalue weighted by Gasteiger charge is 2.19. The van der Waals surface area contributed by atoms with Crippen molar-refractivity contribution in [2.24, 2.45) is 5.73 Å². The minimum Gasteiger partial charge on any atom is -0.508 e. The fourth-order valence-corrected chi connectivity index (χ4v) is 2.36. The third-order valence-electron chi connectivity index (χ3n) is 3.71. The molecule has 136 valence electrons. The number of nitrogens with one attached hydrogen (secondary N) is 2. The molecule has 3 amide bonds. The molecule has 0 saturated heterocycles. The first-order valence-electron chi connectivity index (χ1n) is 8.11. The Bertz CT molecular complexity index is 760. The highest BCUT2D eigenvalue weighted by atomic mass is 16.3. The van der Waals surface area contributed by atoms with Gasteiger partial charge in [-0.05, 0) is 23.3 Å². The van der Waals surface area contributed by atoms with E-state index >= 15 is 0 Å². The number of benzene rings is 2. The number of hydrogen-bond acceptors (Lipinski definition) is 4. The zero-order chi connectivity index (χ0) is 18.9. The van der Waals surface area contributed by atoms with Crippen molar-refractivity contribution in [2.45, 2.75) is 18.9 Å². The summed E-state index contributed by atoms with van der Waals surface area (Å²) in [7, 11) is 0. The van der Waals surface area contributed by atoms with E-state index in [4.69, 9.17) is 5.73 Å². The second-order valence-corrected chi connectivity index (χ2v) is 5.83. The number of phenolic OH excluding ortho intramolecular Hbond substituents is 1. The number of amides is 3. The fourth-order valence-electron chi connectivity index (χ4n) is 2.36. The van der Waals surface area contributed by atoms with Crippen LogP contribution in [0.25, 0.3) is 0 Å². The van der Waals surface area contributed by atoms with Crippen LogP contribution in [0.2, 0.25) is 0 Å². The average Bonchev–Trinajstić information content (AvgIpc) is 2.62. The average molecular weight is 355 g/mol. The lowest BCUT2D eigenvalue weighted by atomic mass is 10.1. The van der Waals surface area contributed by atoms with Gasteiger partial charge in [-0.3, -0.25) is 14.4 Å². The van der Waals surface area contributed by atoms with Gasteiger partial charge >= 0.3 is 0 Å². The predicted molar refractivity (Wildman–Crippen MR) is 96.1 cm³/mol. The maximum Gasteiger partial charge on any atom is 0.240 e. The zero-order valence-electron chi connectivity index (χ0n) is 14.1. The molecule has 0 aromatic heterocycles. The van der Waals surface area contributed by atoms with Crippen LogP contribution < -0.4 is 16.4 Å². The van der Waals surface area contributed by atoms with E-state index < -0.39 is 17.9 Å². The van der Waals surface area contributed by atoms with Crippen LogP contribution in [0.15, 0.2) is 54.6 Å². The van der Waals surface area contributed by atoms with Crippen molar-refractivity contribution in [3.8, 4) is 5.75 Å². The summed E-state index contributed by atoms with van der Waals surface area (Å²) in [6.07, 6.45) is 0.361. The largest absolute Gasteiger partial charge is 0.508 e. The SMILES string of the molecule is NC(=O)[C@H](Cc1ccc(O)cc1)NC(=O)CNC(=O)Cc1ccccc1. The summed E-state index contributed by atoms with van der Waals surface area (Å²) < 4.78 is 0. The van der Waals surface area contributed by atoms with Crippen LogP contribution in [0.5, 0.6) is 5.75 Å². The van der Waals surface area contributed by atoms with E-state index in [-0.39, 0.29) is 31.0 Å². The van der Waals surface area contributed by atoms with Crippen LogP contribution in [-0.2, 0) is 27.2 Å². The standard InChI is InChI=1S/C19H21N3O4/c20-19(26)16(10-14-6-8-15(23)9-7-14)22-18(25)12-21-17(24)11-13-4-2-1-3-5-13/h1-9,16,23H,10-12H2,(H2,20,26)(H,21,24)(H,22,25)/t16-/m0/s1. The second-order valence-electron chi connectivity index (χ2n) is 5.83. The molecule has 5 N–H and O–H groups in total. The molecule has 2 rings (SSSR count). The molecule has 26 heavy (non-hydrogen) atoms. The summed E-state index contributed by atoms with van der Waals surface area (Å²) in [6.45, 7) is -0.245. The second kappa shape index (κ2) is 9.22. The highest BCUT2D eigenvalue weighted by molar-refractivity contribution is 5.90. The summed E-state index contributed by atoms with van der Waals surface area (Å²) in [6, 6.07) is 14.5. The molecular formula is C19H21N3O4. The van der Waals surface area contributed by atoms with Crippen molar-refractivity contribution < 1.29 is 19.5 Å². The van der Waals surface area contributed by atoms with E-state index in [1.54, 1.807) is 12.1 Å². The molecule has 2 aromatic rings. The van der Waals surface area contributed by atoms with E-state index in [2.05, 4.69) is 10.6 Å². The van der Waals surface area contributed by atoms with Gasteiger partial charge in [0.1, 0.15) is 11.8 Å². The van der Waals surface area contributed by atoms with Gasteiger partial charge < -0.3 is 21.5 Å². The fraction of sp³-hybridized carbons (Fsp3) is 0.211. The Balaban J connectivity index is 1.82. The first-order valence-corrected chi connectivity index (χ1v) is 8.11. The predicted octanol–water partition coefficient (Wildman–Crippen LogP) is 0.264. The van der Waals surface area contributed by atoms with Gasteiger partial charge in [0, 0.05) is 6.42 Å². The number of primary amides is 1. The van der Waals surface area contributed by atoms with Crippen molar-refractivity contribution in [3.05, 3.63) is 65.7 Å². The molecule has 0 fully saturated rings. The minimum absolute atomic E-state index is 0.106. The maximum atomic E-state index is 12.0. The number of phenols is 1. The Hall–Kier alpha value is -3.35. The molecule has 7 nitrogen and oxygen atoms in total. The molecule has 0 aliphatic rings. The number of nitrogens with two attached hydrogens (primary N) is 1. The van der Waals surface area contributed by atoms with Crippen LogP contribution in [0.1, 0.15) is 11.1 Å². The number of hydrogen-bond donors (Lipinski definition) is 4. The lowest BCUT2D eigenvalue weighted by Crippen LogP contribution is -2.49. The first-order chi connectivity index (χ1) is 12.4. The van der Waals surface area contributed by atoms with Crippen LogP contribution in [-0.4, -0.2) is 35.4 Å². The van der Waals surface area contributed by atoms with Gasteiger partial charge in [0.05, 0.1) is 13.0 Å². The molecule has 0 aliphatic carbocycles. The number of rotatable bonds is 8. The Kier molecular flexibility index (Phi) is 6.73. The summed E-state index contributed by atoms with van der Waals surface area (Å²) in [4.78, 5) is 35.4. The zero-order valence-corrected chi connectivity index (χ0v) is 14.1. The molecular weight excluding hydrogens is 334 g/mol. The van der Waals surface area contributed by atoms with Gasteiger partial charge in [-0.1, -0.05) is 42.5 Å². The summed E-state index contributed by atoms with van der Waals surface area (Å²) in [5, 5.41) is 14.3. The van der Waals surface area contributed by atoms with E-state index in [9.17, 15) is 19.5 Å². The van der Waals surface area contributed by atoms with Crippen molar-refractivity contribution in [1.82, 2.24) is 10.6 Å². The molecule has 0 unspecified atom stereocenters. The van der Waals surface area contributed by atoms with Gasteiger partial charge in [0.25, 0.3) is 0 Å². The van der Waals surface area contributed by atoms with E-state index in [0.29, 0.717) is 0 Å². The van der Waals surface area contributed by atoms with Crippen molar-refractivity contribution in [1.29, 1.82) is 0 Å². The summed E-state index contributed by atoms with van der Waals surface area (Å²) in [5.74, 6) is -1.37. The highest BCUT2D eigenvalue weighted by Crippen LogP contribution is 2.11. The minimum atomic E-state index is -0.905. The lowest BCUT2D eigenvalue weighted by molar-refractivity contribution is -0.128. The Morgan fingerprint density at radius 2 is 1.58 bits per heavy atom. The van der Waals surface area contributed by atoms with Gasteiger partial charge in [0.15, 0.2) is 0 Å². The normalized spacial score (nSPS) is 11.4. The van der Waals surface area contributed by atoms with Crippen LogP contribution in [0, 0.1) is 0 Å². The van der Waals surface area contributed by atoms with E-state index in [1.807, 2.05) is 30.3 Å². The third-order valence-corrected chi connectivity index (χ3v) is 3.71. The number of carbonyl (C=O) groups is 3. The topological polar surface area (TPSA) is 122 Å². The van der Waals surface area contributed by atoms with Crippen LogP contribution in [0.4, 0.5) is 0 Å². The monoisotopic (exact) mass is 355 g/mol. The van der Waals surface area contributed by atoms with Crippen LogP contribution in [0.3, 0.4) is 0 Å². The molecule has 0 aliphatic heterocycles. The number of aromatic hydroxyl groups is 1. The van der Waals surface area contributed by atoms with Crippen molar-refractivity contribution in [3.63, 3.8) is 0 Å². The lowest BCUT2D eigenvalue weighted by Gasteiger charge is -2.16. The smallest absolute Gasteiger partial charge is 0.240 e. The van der Waals surface area contributed by atoms with Gasteiger partial charge in [0.2, 0.25) is 17.7 Å². The first kappa shape index (κ1) is 19.0. The van der Waals surface area contributed by atoms with E-state index in [0.717, 1.165) is 11.1 Å². The molecule has 0 saturated carbocycles. The van der Waals surface area contributed by atoms with Gasteiger partial charge in [-0.25, -0.2) is 0 Å². The molecule has 0 spiro atoms. The van der Waals surface area contributed by atoms with Gasteiger partial charge in [-0.2, -0.15) is 0 Å². The summed E-state index contributed by atoms with van der Waals surface area (Å²) >= 11 is 0. The molecule has 2 aromatic carbocycles. The molecule has 7 heteroatoms. The Morgan fingerprint density at radius 1 is 0.923 bits per heavy atom. The maximum absolute atomic E-state index is 12.0. The van der Waals surface area contributed by atoms with Crippen LogP contribution >= 0.6 is 0 Å². The molecule has 1 atom stereocenters. The molecule has 0 heterocycles. The molecule has 0 radical (unpaired) electrons.